The molecule has 0 bridgehead atoms. The summed E-state index contributed by atoms with van der Waals surface area (Å²) in [5, 5.41) is 7.93. The van der Waals surface area contributed by atoms with Crippen molar-refractivity contribution >= 4 is 28.5 Å². The highest BCUT2D eigenvalue weighted by Gasteiger charge is 2.31. The molecule has 7 heteroatoms. The summed E-state index contributed by atoms with van der Waals surface area (Å²) in [6.07, 6.45) is 14.7. The first-order chi connectivity index (χ1) is 16.1. The topological polar surface area (TPSA) is 84.9 Å². The lowest BCUT2D eigenvalue weighted by atomic mass is 9.90. The first kappa shape index (κ1) is 21.6. The van der Waals surface area contributed by atoms with Gasteiger partial charge in [-0.2, -0.15) is 0 Å². The fourth-order valence-corrected chi connectivity index (χ4v) is 5.07. The van der Waals surface area contributed by atoms with Crippen molar-refractivity contribution in [1.82, 2.24) is 20.5 Å². The van der Waals surface area contributed by atoms with E-state index in [0.29, 0.717) is 12.5 Å². The van der Waals surface area contributed by atoms with Gasteiger partial charge in [0, 0.05) is 29.2 Å². The number of guanidine groups is 1. The second-order valence-electron chi connectivity index (χ2n) is 9.43. The number of rotatable bonds is 5. The van der Waals surface area contributed by atoms with Gasteiger partial charge >= 0.3 is 0 Å². The van der Waals surface area contributed by atoms with Crippen LogP contribution < -0.4 is 10.6 Å². The molecule has 1 saturated carbocycles. The molecule has 33 heavy (non-hydrogen) atoms. The van der Waals surface area contributed by atoms with Crippen LogP contribution in [-0.2, 0) is 11.2 Å². The third kappa shape index (κ3) is 4.78. The van der Waals surface area contributed by atoms with E-state index in [1.807, 2.05) is 30.5 Å². The first-order valence-electron chi connectivity index (χ1n) is 11.9. The predicted molar refractivity (Wildman–Crippen MR) is 133 cm³/mol. The summed E-state index contributed by atoms with van der Waals surface area (Å²) >= 11 is 0. The van der Waals surface area contributed by atoms with Gasteiger partial charge in [0.2, 0.25) is 11.9 Å². The van der Waals surface area contributed by atoms with E-state index in [4.69, 9.17) is 9.98 Å². The van der Waals surface area contributed by atoms with Crippen LogP contribution in [-0.4, -0.2) is 59.8 Å². The predicted octanol–water partition coefficient (Wildman–Crippen LogP) is 3.17. The third-order valence-corrected chi connectivity index (χ3v) is 6.83. The zero-order chi connectivity index (χ0) is 22.8. The Morgan fingerprint density at radius 1 is 1.12 bits per heavy atom. The number of carbonyl (C=O) groups excluding carboxylic acids is 1. The number of nitrogens with zero attached hydrogens (tertiary/aromatic N) is 3. The number of fused-ring (bicyclic) bond motifs is 2. The number of nitrogens with one attached hydrogen (secondary N) is 3. The van der Waals surface area contributed by atoms with E-state index in [1.54, 1.807) is 0 Å². The Morgan fingerprint density at radius 3 is 2.73 bits per heavy atom. The Bertz CT molecular complexity index is 1130. The molecule has 0 spiro atoms. The maximum atomic E-state index is 12.7. The van der Waals surface area contributed by atoms with Crippen LogP contribution in [0.3, 0.4) is 0 Å². The molecule has 7 nitrogen and oxygen atoms in total. The number of benzene rings is 1. The minimum absolute atomic E-state index is 0.0568. The van der Waals surface area contributed by atoms with E-state index < -0.39 is 0 Å². The molecule has 1 amide bonds. The highest BCUT2D eigenvalue weighted by molar-refractivity contribution is 6.08. The highest BCUT2D eigenvalue weighted by atomic mass is 16.1. The van der Waals surface area contributed by atoms with E-state index >= 15 is 0 Å². The van der Waals surface area contributed by atoms with E-state index in [-0.39, 0.29) is 24.0 Å². The monoisotopic (exact) mass is 444 g/mol. The summed E-state index contributed by atoms with van der Waals surface area (Å²) < 4.78 is 0. The number of aromatic amines is 1. The molecule has 5 rings (SSSR count). The van der Waals surface area contributed by atoms with Crippen molar-refractivity contribution in [2.24, 2.45) is 15.9 Å². The Kier molecular flexibility index (Phi) is 6.13. The molecule has 2 aromatic rings. The standard InChI is InChI=1S/C26H32N6O/c1-32(2)25-21-8-4-6-10-23(21)30-26(31-25)29-19-13-11-18(12-14-19)28-24(33)15-17-16-27-22-9-5-3-7-20(17)22/h3-10,16,18-19,21,25,27H,11-15H2,1-2H3,(H,28,33)(H,29,31). The molecule has 0 saturated heterocycles. The minimum Gasteiger partial charge on any atom is -0.361 e. The second kappa shape index (κ2) is 9.35. The van der Waals surface area contributed by atoms with Gasteiger partial charge < -0.3 is 15.6 Å². The number of hydrogen-bond donors (Lipinski definition) is 3. The fourth-order valence-electron chi connectivity index (χ4n) is 5.07. The normalized spacial score (nSPS) is 26.6. The summed E-state index contributed by atoms with van der Waals surface area (Å²) in [7, 11) is 4.12. The Hall–Kier alpha value is -3.19. The highest BCUT2D eigenvalue weighted by Crippen LogP contribution is 2.24. The third-order valence-electron chi connectivity index (χ3n) is 6.83. The number of hydrogen-bond acceptors (Lipinski definition) is 5. The van der Waals surface area contributed by atoms with Gasteiger partial charge in [0.25, 0.3) is 0 Å². The first-order valence-corrected chi connectivity index (χ1v) is 11.9. The number of amides is 1. The molecular formula is C26H32N6O. The SMILES string of the molecule is CN(C)C1N=C(NC2CCC(NC(=O)Cc3c[nH]c4ccccc34)CC2)N=C2C=CC=CC21. The van der Waals surface area contributed by atoms with Crippen molar-refractivity contribution in [2.75, 3.05) is 14.1 Å². The zero-order valence-corrected chi connectivity index (χ0v) is 19.3. The molecular weight excluding hydrogens is 412 g/mol. The van der Waals surface area contributed by atoms with Crippen LogP contribution in [0.4, 0.5) is 0 Å². The van der Waals surface area contributed by atoms with Crippen molar-refractivity contribution in [3.05, 3.63) is 60.3 Å². The molecule has 2 heterocycles. The number of aliphatic imine (C=N–C) groups is 2. The van der Waals surface area contributed by atoms with Crippen LogP contribution in [0.25, 0.3) is 10.9 Å². The van der Waals surface area contributed by atoms with Gasteiger partial charge in [0.1, 0.15) is 6.17 Å². The quantitative estimate of drug-likeness (QED) is 0.662. The minimum atomic E-state index is 0.0568. The molecule has 2 aliphatic carbocycles. The lowest BCUT2D eigenvalue weighted by molar-refractivity contribution is -0.121. The van der Waals surface area contributed by atoms with Crippen LogP contribution in [0.5, 0.6) is 0 Å². The molecule has 1 aliphatic heterocycles. The average Bonchev–Trinajstić information content (AvgIpc) is 3.22. The van der Waals surface area contributed by atoms with Crippen molar-refractivity contribution < 1.29 is 4.79 Å². The van der Waals surface area contributed by atoms with Gasteiger partial charge in [-0.3, -0.25) is 9.69 Å². The van der Waals surface area contributed by atoms with E-state index in [0.717, 1.165) is 53.8 Å². The van der Waals surface area contributed by atoms with Crippen molar-refractivity contribution in [2.45, 2.75) is 50.4 Å². The number of para-hydroxylation sites is 1. The molecule has 0 radical (unpaired) electrons. The molecule has 2 unspecified atom stereocenters. The Morgan fingerprint density at radius 2 is 1.91 bits per heavy atom. The Labute approximate surface area is 194 Å². The van der Waals surface area contributed by atoms with Gasteiger partial charge in [-0.1, -0.05) is 36.4 Å². The Balaban J connectivity index is 1.14. The largest absolute Gasteiger partial charge is 0.361 e. The second-order valence-corrected chi connectivity index (χ2v) is 9.43. The molecule has 172 valence electrons. The lowest BCUT2D eigenvalue weighted by Gasteiger charge is -2.34. The summed E-state index contributed by atoms with van der Waals surface area (Å²) in [6, 6.07) is 8.67. The zero-order valence-electron chi connectivity index (χ0n) is 19.3. The molecule has 1 aromatic heterocycles. The summed E-state index contributed by atoms with van der Waals surface area (Å²) in [4.78, 5) is 27.7. The van der Waals surface area contributed by atoms with Crippen molar-refractivity contribution in [3.63, 3.8) is 0 Å². The molecule has 2 atom stereocenters. The molecule has 3 aliphatic rings. The summed E-state index contributed by atoms with van der Waals surface area (Å²) in [5.41, 5.74) is 3.18. The van der Waals surface area contributed by atoms with Crippen LogP contribution in [0, 0.1) is 5.92 Å². The van der Waals surface area contributed by atoms with E-state index in [2.05, 4.69) is 58.9 Å². The van der Waals surface area contributed by atoms with Crippen LogP contribution >= 0.6 is 0 Å². The van der Waals surface area contributed by atoms with Gasteiger partial charge in [0.05, 0.1) is 18.1 Å². The number of allylic oxidation sites excluding steroid dienone is 3. The van der Waals surface area contributed by atoms with Crippen molar-refractivity contribution in [1.29, 1.82) is 0 Å². The summed E-state index contributed by atoms with van der Waals surface area (Å²) in [6.45, 7) is 0. The van der Waals surface area contributed by atoms with Crippen LogP contribution in [0.2, 0.25) is 0 Å². The lowest BCUT2D eigenvalue weighted by Crippen LogP contribution is -2.47. The number of aromatic nitrogens is 1. The van der Waals surface area contributed by atoms with Crippen LogP contribution in [0.1, 0.15) is 31.2 Å². The van der Waals surface area contributed by atoms with E-state index in [1.165, 1.54) is 0 Å². The maximum Gasteiger partial charge on any atom is 0.224 e. The van der Waals surface area contributed by atoms with Gasteiger partial charge in [-0.25, -0.2) is 9.98 Å². The van der Waals surface area contributed by atoms with Gasteiger partial charge in [-0.05, 0) is 57.5 Å². The van der Waals surface area contributed by atoms with Gasteiger partial charge in [0.15, 0.2) is 0 Å². The number of carbonyl (C=O) groups is 1. The molecule has 3 N–H and O–H groups in total. The fraction of sp³-hybridized carbons (Fsp3) is 0.423. The number of H-pyrrole nitrogens is 1. The smallest absolute Gasteiger partial charge is 0.224 e. The molecule has 1 aromatic carbocycles. The van der Waals surface area contributed by atoms with Crippen LogP contribution in [0.15, 0.2) is 64.8 Å². The van der Waals surface area contributed by atoms with E-state index in [9.17, 15) is 4.79 Å². The van der Waals surface area contributed by atoms with Gasteiger partial charge in [-0.15, -0.1) is 0 Å². The maximum absolute atomic E-state index is 12.7. The average molecular weight is 445 g/mol. The van der Waals surface area contributed by atoms with Crippen molar-refractivity contribution in [3.8, 4) is 0 Å². The molecule has 1 fully saturated rings. The summed E-state index contributed by atoms with van der Waals surface area (Å²) in [5.74, 6) is 1.03.